The quantitative estimate of drug-likeness (QED) is 0.308. The first kappa shape index (κ1) is 34.0. The number of likely N-dealkylation sites (tertiary alicyclic amines) is 1. The van der Waals surface area contributed by atoms with Crippen LogP contribution in [0.1, 0.15) is 77.3 Å². The highest BCUT2D eigenvalue weighted by Gasteiger charge is 2.52. The number of carbonyl (C=O) groups is 2. The Morgan fingerprint density at radius 1 is 1.09 bits per heavy atom. The predicted octanol–water partition coefficient (Wildman–Crippen LogP) is 5.14. The molecule has 0 aliphatic carbocycles. The van der Waals surface area contributed by atoms with Gasteiger partial charge in [-0.05, 0) is 63.4 Å². The van der Waals surface area contributed by atoms with Gasteiger partial charge in [-0.2, -0.15) is 0 Å². The summed E-state index contributed by atoms with van der Waals surface area (Å²) in [6.45, 7) is 15.3. The maximum atomic E-state index is 14.3. The second-order valence-electron chi connectivity index (χ2n) is 14.3. The smallest absolute Gasteiger partial charge is 0.327 e. The molecule has 10 nitrogen and oxygen atoms in total. The van der Waals surface area contributed by atoms with Crippen molar-refractivity contribution in [3.63, 3.8) is 0 Å². The molecule has 46 heavy (non-hydrogen) atoms. The second-order valence-corrected chi connectivity index (χ2v) is 15.9. The molecule has 4 heterocycles. The number of benzene rings is 1. The summed E-state index contributed by atoms with van der Waals surface area (Å²) in [5.74, 6) is 0.0372. The third-order valence-electron chi connectivity index (χ3n) is 9.60. The van der Waals surface area contributed by atoms with E-state index in [0.717, 1.165) is 42.8 Å². The molecule has 2 amide bonds. The summed E-state index contributed by atoms with van der Waals surface area (Å²) in [5, 5.41) is -0.178. The molecule has 0 bridgehead atoms. The summed E-state index contributed by atoms with van der Waals surface area (Å²) in [7, 11) is 4.25. The zero-order valence-electron chi connectivity index (χ0n) is 28.6. The molecular weight excluding hydrogens is 598 g/mol. The van der Waals surface area contributed by atoms with Crippen LogP contribution in [0.5, 0.6) is 0 Å². The average Bonchev–Trinajstić information content (AvgIpc) is 3.49. The summed E-state index contributed by atoms with van der Waals surface area (Å²) in [5.41, 5.74) is 3.53. The monoisotopic (exact) mass is 649 g/mol. The number of likely N-dealkylation sites (N-methyl/N-ethyl adjacent to an activating group) is 2. The van der Waals surface area contributed by atoms with E-state index in [1.54, 1.807) is 22.5 Å². The minimum atomic E-state index is -0.871. The molecule has 3 aromatic rings. The zero-order chi connectivity index (χ0) is 33.2. The molecule has 2 aliphatic heterocycles. The second kappa shape index (κ2) is 13.8. The molecule has 0 unspecified atom stereocenters. The number of carbonyl (C=O) groups excluding carboxylic acids is 2. The molecule has 1 N–H and O–H groups in total. The van der Waals surface area contributed by atoms with Gasteiger partial charge in [-0.3, -0.25) is 19.1 Å². The number of amides is 2. The Kier molecular flexibility index (Phi) is 10.2. The van der Waals surface area contributed by atoms with Crippen LogP contribution in [0, 0.1) is 5.41 Å². The maximum Gasteiger partial charge on any atom is 0.327 e. The Morgan fingerprint density at radius 2 is 1.80 bits per heavy atom. The molecule has 2 aromatic heterocycles. The van der Waals surface area contributed by atoms with E-state index in [2.05, 4.69) is 85.8 Å². The molecule has 250 valence electrons. The largest absolute Gasteiger partial charge is 0.373 e. The van der Waals surface area contributed by atoms with Crippen LogP contribution in [0.15, 0.2) is 47.4 Å². The minimum absolute atomic E-state index is 0.000771. The fourth-order valence-corrected chi connectivity index (χ4v) is 8.10. The van der Waals surface area contributed by atoms with Gasteiger partial charge in [-0.25, -0.2) is 9.78 Å². The number of hydrogen-bond donors (Lipinski definition) is 1. The number of anilines is 1. The summed E-state index contributed by atoms with van der Waals surface area (Å²) in [6.07, 6.45) is 4.05. The van der Waals surface area contributed by atoms with Crippen LogP contribution in [-0.4, -0.2) is 99.2 Å². The number of imidazole rings is 1. The van der Waals surface area contributed by atoms with Crippen LogP contribution in [0.25, 0.3) is 11.2 Å². The third kappa shape index (κ3) is 7.30. The number of para-hydroxylation sites is 1. The Balaban J connectivity index is 1.32. The van der Waals surface area contributed by atoms with Gasteiger partial charge in [-0.15, -0.1) is 11.8 Å². The number of nitrogens with one attached hydrogen (secondary N) is 1. The van der Waals surface area contributed by atoms with Gasteiger partial charge in [0.2, 0.25) is 11.8 Å². The molecule has 0 radical (unpaired) electrons. The van der Waals surface area contributed by atoms with Gasteiger partial charge in [0.25, 0.3) is 0 Å². The lowest BCUT2D eigenvalue weighted by Crippen LogP contribution is -2.45. The highest BCUT2D eigenvalue weighted by molar-refractivity contribution is 8.02. The number of fused-ring (bicyclic) bond motifs is 1. The van der Waals surface area contributed by atoms with Gasteiger partial charge in [0.05, 0.1) is 11.9 Å². The molecule has 1 aromatic carbocycles. The lowest BCUT2D eigenvalue weighted by atomic mass is 9.91. The van der Waals surface area contributed by atoms with E-state index in [1.165, 1.54) is 0 Å². The van der Waals surface area contributed by atoms with Gasteiger partial charge < -0.3 is 19.6 Å². The Labute approximate surface area is 277 Å². The average molecular weight is 650 g/mol. The Bertz CT molecular complexity index is 1590. The fraction of sp³-hybridized carbons (Fsp3) is 0.600. The highest BCUT2D eigenvalue weighted by Crippen LogP contribution is 2.53. The third-order valence-corrected chi connectivity index (χ3v) is 11.2. The van der Waals surface area contributed by atoms with E-state index in [1.807, 2.05) is 28.9 Å². The van der Waals surface area contributed by atoms with Crippen molar-refractivity contribution in [1.29, 1.82) is 0 Å². The van der Waals surface area contributed by atoms with Gasteiger partial charge in [0.15, 0.2) is 5.65 Å². The predicted molar refractivity (Wildman–Crippen MR) is 187 cm³/mol. The number of nitrogens with zero attached hydrogens (tertiary/aromatic N) is 6. The Hall–Kier alpha value is -3.31. The molecule has 0 spiro atoms. The van der Waals surface area contributed by atoms with E-state index >= 15 is 0 Å². The summed E-state index contributed by atoms with van der Waals surface area (Å²) in [6, 6.07) is 12.1. The zero-order valence-corrected chi connectivity index (χ0v) is 29.4. The maximum absolute atomic E-state index is 14.3. The minimum Gasteiger partial charge on any atom is -0.373 e. The first-order valence-corrected chi connectivity index (χ1v) is 17.5. The number of aromatic amines is 1. The van der Waals surface area contributed by atoms with Gasteiger partial charge in [-0.1, -0.05) is 45.9 Å². The van der Waals surface area contributed by atoms with Crippen molar-refractivity contribution in [2.45, 2.75) is 76.5 Å². The lowest BCUT2D eigenvalue weighted by Gasteiger charge is -2.34. The number of rotatable bonds is 11. The number of piperidine rings is 1. The summed E-state index contributed by atoms with van der Waals surface area (Å²) < 4.78 is 0.915. The first-order valence-electron chi connectivity index (χ1n) is 16.6. The van der Waals surface area contributed by atoms with Crippen molar-refractivity contribution in [2.24, 2.45) is 5.41 Å². The summed E-state index contributed by atoms with van der Waals surface area (Å²) >= 11 is 1.62. The summed E-state index contributed by atoms with van der Waals surface area (Å²) in [4.78, 5) is 56.5. The van der Waals surface area contributed by atoms with Crippen molar-refractivity contribution in [3.05, 3.63) is 58.6 Å². The number of H-pyrrole nitrogens is 1. The standard InChI is InChI=1S/C35H51N7O3S/c1-8-38(6)22-23-39(7)27-13-10-9-12-26(27)31-41(21-17-34(2,3)4)32(44)35(5,46-31)24-29(43)40-19-15-25(16-20-40)42-28-14-11-18-36-30(28)37-33(42)45/h9-14,18,25,31H,8,15-17,19-24H2,1-7H3,(H,36,37,45)/t31-,35+/m0/s1. The fourth-order valence-electron chi connectivity index (χ4n) is 6.53. The van der Waals surface area contributed by atoms with Crippen molar-refractivity contribution < 1.29 is 9.59 Å². The van der Waals surface area contributed by atoms with E-state index in [4.69, 9.17) is 0 Å². The SMILES string of the molecule is CCN(C)CCN(C)c1ccccc1[C@@H]1S[C@](C)(CC(=O)N2CCC(n3c(=O)[nH]c4ncccc43)CC2)C(=O)N1CCC(C)(C)C. The lowest BCUT2D eigenvalue weighted by molar-refractivity contribution is -0.139. The van der Waals surface area contributed by atoms with Crippen LogP contribution < -0.4 is 10.6 Å². The molecule has 2 atom stereocenters. The topological polar surface area (TPSA) is 97.8 Å². The molecule has 2 fully saturated rings. The van der Waals surface area contributed by atoms with Crippen LogP contribution in [0.4, 0.5) is 5.69 Å². The van der Waals surface area contributed by atoms with E-state index in [-0.39, 0.29) is 40.8 Å². The van der Waals surface area contributed by atoms with Crippen molar-refractivity contribution >= 4 is 40.4 Å². The first-order chi connectivity index (χ1) is 21.8. The van der Waals surface area contributed by atoms with Crippen LogP contribution in [0.3, 0.4) is 0 Å². The van der Waals surface area contributed by atoms with Crippen molar-refractivity contribution in [2.75, 3.05) is 58.3 Å². The van der Waals surface area contributed by atoms with Crippen molar-refractivity contribution in [3.8, 4) is 0 Å². The number of thioether (sulfide) groups is 1. The number of pyridine rings is 1. The molecule has 2 saturated heterocycles. The molecule has 5 rings (SSSR count). The van der Waals surface area contributed by atoms with E-state index < -0.39 is 4.75 Å². The van der Waals surface area contributed by atoms with Gasteiger partial charge in [0.1, 0.15) is 10.1 Å². The van der Waals surface area contributed by atoms with Gasteiger partial charge >= 0.3 is 5.69 Å². The molecule has 2 aliphatic rings. The number of hydrogen-bond acceptors (Lipinski definition) is 7. The van der Waals surface area contributed by atoms with Crippen LogP contribution in [0.2, 0.25) is 0 Å². The number of aromatic nitrogens is 3. The normalized spacial score (nSPS) is 21.1. The van der Waals surface area contributed by atoms with Gasteiger partial charge in [0, 0.05) is 63.3 Å². The van der Waals surface area contributed by atoms with Crippen molar-refractivity contribution in [1.82, 2.24) is 29.2 Å². The molecule has 11 heteroatoms. The van der Waals surface area contributed by atoms with Crippen LogP contribution in [-0.2, 0) is 9.59 Å². The molecular formula is C35H51N7O3S. The van der Waals surface area contributed by atoms with Crippen LogP contribution >= 0.6 is 11.8 Å². The molecule has 0 saturated carbocycles. The van der Waals surface area contributed by atoms with E-state index in [0.29, 0.717) is 38.1 Å². The highest BCUT2D eigenvalue weighted by atomic mass is 32.2. The Morgan fingerprint density at radius 3 is 2.50 bits per heavy atom. The van der Waals surface area contributed by atoms with E-state index in [9.17, 15) is 14.4 Å².